The number of rotatable bonds is 4. The first-order chi connectivity index (χ1) is 17.0. The van der Waals surface area contributed by atoms with Gasteiger partial charge in [0.1, 0.15) is 11.5 Å². The van der Waals surface area contributed by atoms with E-state index in [9.17, 15) is 14.7 Å². The van der Waals surface area contributed by atoms with E-state index in [-0.39, 0.29) is 16.7 Å². The van der Waals surface area contributed by atoms with E-state index in [0.717, 1.165) is 22.3 Å². The molecular weight excluding hydrogens is 450 g/mol. The van der Waals surface area contributed by atoms with Crippen molar-refractivity contribution < 1.29 is 19.4 Å². The molecule has 1 saturated heterocycles. The molecule has 0 radical (unpaired) electrons. The minimum atomic E-state index is -0.848. The monoisotopic (exact) mass is 483 g/mol. The number of carbonyl (C=O) groups excluding carboxylic acids is 2. The molecule has 1 aliphatic rings. The predicted octanol–water partition coefficient (Wildman–Crippen LogP) is 6.54. The van der Waals surface area contributed by atoms with Crippen molar-refractivity contribution in [1.82, 2.24) is 0 Å². The number of anilines is 1. The topological polar surface area (TPSA) is 66.8 Å². The molecule has 1 amide bonds. The number of benzene rings is 3. The molecule has 1 fully saturated rings. The number of ether oxygens (including phenoxy) is 1. The van der Waals surface area contributed by atoms with Gasteiger partial charge < -0.3 is 9.84 Å². The average Bonchev–Trinajstić information content (AvgIpc) is 3.09. The second-order valence-corrected chi connectivity index (χ2v) is 10.5. The molecule has 0 spiro atoms. The van der Waals surface area contributed by atoms with Crippen LogP contribution in [0.5, 0.6) is 5.75 Å². The van der Waals surface area contributed by atoms with Crippen LogP contribution in [0, 0.1) is 20.8 Å². The highest BCUT2D eigenvalue weighted by Gasteiger charge is 2.48. The van der Waals surface area contributed by atoms with Crippen molar-refractivity contribution in [2.24, 2.45) is 0 Å². The van der Waals surface area contributed by atoms with Crippen LogP contribution < -0.4 is 9.64 Å². The van der Waals surface area contributed by atoms with Crippen LogP contribution in [0.4, 0.5) is 5.69 Å². The van der Waals surface area contributed by atoms with Gasteiger partial charge in [-0.2, -0.15) is 0 Å². The van der Waals surface area contributed by atoms with E-state index in [4.69, 9.17) is 4.74 Å². The standard InChI is InChI=1S/C31H33NO4/c1-18-12-13-20(3)24(16-18)32-27(22-10-8-9-11-25(22)36-7)26(29(34)30(32)35)28(33)23-17-21(31(4,5)6)15-14-19(23)2/h8-17,27,33H,1-7H3/b28-26+. The summed E-state index contributed by atoms with van der Waals surface area (Å²) in [6, 6.07) is 18.1. The zero-order chi connectivity index (χ0) is 26.4. The fourth-order valence-electron chi connectivity index (χ4n) is 4.74. The molecule has 4 rings (SSSR count). The van der Waals surface area contributed by atoms with Gasteiger partial charge in [-0.05, 0) is 66.6 Å². The molecule has 0 bridgehead atoms. The maximum atomic E-state index is 13.6. The van der Waals surface area contributed by atoms with Crippen LogP contribution in [0.1, 0.15) is 60.2 Å². The summed E-state index contributed by atoms with van der Waals surface area (Å²) in [5, 5.41) is 11.7. The first-order valence-corrected chi connectivity index (χ1v) is 12.1. The first-order valence-electron chi connectivity index (χ1n) is 12.1. The number of para-hydroxylation sites is 1. The Bertz CT molecular complexity index is 1390. The van der Waals surface area contributed by atoms with Gasteiger partial charge in [0.05, 0.1) is 18.7 Å². The largest absolute Gasteiger partial charge is 0.507 e. The van der Waals surface area contributed by atoms with Gasteiger partial charge in [0, 0.05) is 16.8 Å². The van der Waals surface area contributed by atoms with E-state index in [1.54, 1.807) is 13.2 Å². The van der Waals surface area contributed by atoms with Crippen molar-refractivity contribution in [3.63, 3.8) is 0 Å². The molecule has 5 nitrogen and oxygen atoms in total. The van der Waals surface area contributed by atoms with Crippen LogP contribution in [-0.2, 0) is 15.0 Å². The highest BCUT2D eigenvalue weighted by molar-refractivity contribution is 6.51. The van der Waals surface area contributed by atoms with Gasteiger partial charge in [0.2, 0.25) is 0 Å². The lowest BCUT2D eigenvalue weighted by Crippen LogP contribution is -2.30. The third-order valence-corrected chi connectivity index (χ3v) is 6.86. The molecule has 5 heteroatoms. The molecule has 1 aliphatic heterocycles. The summed E-state index contributed by atoms with van der Waals surface area (Å²) >= 11 is 0. The van der Waals surface area contributed by atoms with E-state index in [1.807, 2.05) is 75.4 Å². The van der Waals surface area contributed by atoms with Crippen LogP contribution in [-0.4, -0.2) is 23.9 Å². The zero-order valence-electron chi connectivity index (χ0n) is 22.0. The molecule has 0 aromatic heterocycles. The van der Waals surface area contributed by atoms with Crippen LogP contribution in [0.3, 0.4) is 0 Å². The van der Waals surface area contributed by atoms with Gasteiger partial charge in [-0.1, -0.05) is 63.2 Å². The lowest BCUT2D eigenvalue weighted by molar-refractivity contribution is -0.132. The van der Waals surface area contributed by atoms with Crippen molar-refractivity contribution in [2.45, 2.75) is 53.0 Å². The van der Waals surface area contributed by atoms with Gasteiger partial charge in [0.15, 0.2) is 0 Å². The molecule has 186 valence electrons. The maximum absolute atomic E-state index is 13.6. The lowest BCUT2D eigenvalue weighted by atomic mass is 9.84. The second kappa shape index (κ2) is 9.30. The van der Waals surface area contributed by atoms with Crippen LogP contribution in [0.25, 0.3) is 5.76 Å². The fourth-order valence-corrected chi connectivity index (χ4v) is 4.74. The third-order valence-electron chi connectivity index (χ3n) is 6.86. The minimum absolute atomic E-state index is 0.0552. The fraction of sp³-hybridized carbons (Fsp3) is 0.290. The highest BCUT2D eigenvalue weighted by Crippen LogP contribution is 2.46. The normalized spacial score (nSPS) is 17.5. The molecule has 0 aliphatic carbocycles. The minimum Gasteiger partial charge on any atom is -0.507 e. The quantitative estimate of drug-likeness (QED) is 0.260. The lowest BCUT2D eigenvalue weighted by Gasteiger charge is -2.28. The van der Waals surface area contributed by atoms with Gasteiger partial charge >= 0.3 is 0 Å². The smallest absolute Gasteiger partial charge is 0.300 e. The van der Waals surface area contributed by atoms with Crippen LogP contribution in [0.15, 0.2) is 66.2 Å². The highest BCUT2D eigenvalue weighted by atomic mass is 16.5. The van der Waals surface area contributed by atoms with Crippen molar-refractivity contribution >= 4 is 23.1 Å². The average molecular weight is 484 g/mol. The SMILES string of the molecule is COc1ccccc1C1/C(=C(\O)c2cc(C(C)(C)C)ccc2C)C(=O)C(=O)N1c1cc(C)ccc1C. The Labute approximate surface area is 213 Å². The summed E-state index contributed by atoms with van der Waals surface area (Å²) in [5.74, 6) is -1.04. The number of aliphatic hydroxyl groups excluding tert-OH is 1. The number of aryl methyl sites for hydroxylation is 3. The molecule has 1 atom stereocenters. The molecule has 1 unspecified atom stereocenters. The van der Waals surface area contributed by atoms with E-state index in [1.165, 1.54) is 4.90 Å². The Morgan fingerprint density at radius 1 is 0.917 bits per heavy atom. The predicted molar refractivity (Wildman–Crippen MR) is 144 cm³/mol. The Balaban J connectivity index is 2.05. The van der Waals surface area contributed by atoms with Crippen molar-refractivity contribution in [3.8, 4) is 5.75 Å². The number of hydrogen-bond donors (Lipinski definition) is 1. The Kier molecular flexibility index (Phi) is 6.52. The van der Waals surface area contributed by atoms with Crippen molar-refractivity contribution in [2.75, 3.05) is 12.0 Å². The molecule has 3 aromatic rings. The maximum Gasteiger partial charge on any atom is 0.300 e. The van der Waals surface area contributed by atoms with E-state index in [2.05, 4.69) is 20.8 Å². The second-order valence-electron chi connectivity index (χ2n) is 10.5. The number of carbonyl (C=O) groups is 2. The summed E-state index contributed by atoms with van der Waals surface area (Å²) in [4.78, 5) is 28.7. The summed E-state index contributed by atoms with van der Waals surface area (Å²) in [7, 11) is 1.56. The summed E-state index contributed by atoms with van der Waals surface area (Å²) < 4.78 is 5.63. The molecule has 1 heterocycles. The van der Waals surface area contributed by atoms with Crippen molar-refractivity contribution in [3.05, 3.63) is 99.6 Å². The van der Waals surface area contributed by atoms with E-state index < -0.39 is 17.7 Å². The van der Waals surface area contributed by atoms with Gasteiger partial charge in [0.25, 0.3) is 11.7 Å². The summed E-state index contributed by atoms with van der Waals surface area (Å²) in [5.41, 5.74) is 5.36. The van der Waals surface area contributed by atoms with E-state index >= 15 is 0 Å². The third kappa shape index (κ3) is 4.30. The van der Waals surface area contributed by atoms with Crippen LogP contribution >= 0.6 is 0 Å². The number of amides is 1. The van der Waals surface area contributed by atoms with Crippen LogP contribution in [0.2, 0.25) is 0 Å². The summed E-state index contributed by atoms with van der Waals surface area (Å²) in [6.45, 7) is 12.0. The van der Waals surface area contributed by atoms with Gasteiger partial charge in [-0.15, -0.1) is 0 Å². The molecule has 1 N–H and O–H groups in total. The van der Waals surface area contributed by atoms with Gasteiger partial charge in [-0.3, -0.25) is 14.5 Å². The molecule has 0 saturated carbocycles. The number of methoxy groups -OCH3 is 1. The number of Topliss-reactive ketones (excluding diaryl/α,β-unsaturated/α-hetero) is 1. The summed E-state index contributed by atoms with van der Waals surface area (Å²) in [6.07, 6.45) is 0. The van der Waals surface area contributed by atoms with Gasteiger partial charge in [-0.25, -0.2) is 0 Å². The first kappa shape index (κ1) is 25.2. The Morgan fingerprint density at radius 3 is 2.25 bits per heavy atom. The molecule has 36 heavy (non-hydrogen) atoms. The Hall–Kier alpha value is -3.86. The Morgan fingerprint density at radius 2 is 1.58 bits per heavy atom. The molecule has 3 aromatic carbocycles. The number of ketones is 1. The van der Waals surface area contributed by atoms with E-state index in [0.29, 0.717) is 22.6 Å². The zero-order valence-corrected chi connectivity index (χ0v) is 22.0. The molecular formula is C31H33NO4. The van der Waals surface area contributed by atoms with Crippen molar-refractivity contribution in [1.29, 1.82) is 0 Å². The number of nitrogens with zero attached hydrogens (tertiary/aromatic N) is 1. The number of hydrogen-bond acceptors (Lipinski definition) is 4. The number of aliphatic hydroxyl groups is 1.